The maximum absolute atomic E-state index is 12.7. The number of carbonyl (C=O) groups excluding carboxylic acids is 1. The molecule has 1 aromatic rings. The summed E-state index contributed by atoms with van der Waals surface area (Å²) in [6, 6.07) is 6.47. The van der Waals surface area contributed by atoms with Gasteiger partial charge in [-0.05, 0) is 23.6 Å². The molecule has 1 heterocycles. The molecular formula is C14H17ClF2N2O. The van der Waals surface area contributed by atoms with Crippen LogP contribution in [0.3, 0.4) is 0 Å². The Kier molecular flexibility index (Phi) is 4.60. The van der Waals surface area contributed by atoms with Gasteiger partial charge in [0.05, 0.1) is 12.6 Å². The molecule has 0 bridgehead atoms. The minimum absolute atomic E-state index is 0.0341. The average molecular weight is 303 g/mol. The summed E-state index contributed by atoms with van der Waals surface area (Å²) in [5, 5.41) is 3.64. The first-order valence-corrected chi connectivity index (χ1v) is 6.88. The number of halogens is 3. The Labute approximate surface area is 121 Å². The molecule has 2 atom stereocenters. The number of amides is 1. The Bertz CT molecular complexity index is 496. The topological polar surface area (TPSA) is 32.3 Å². The van der Waals surface area contributed by atoms with Crippen LogP contribution in [0.1, 0.15) is 25.6 Å². The number of rotatable bonds is 4. The molecule has 2 unspecified atom stereocenters. The lowest BCUT2D eigenvalue weighted by Gasteiger charge is -2.24. The van der Waals surface area contributed by atoms with E-state index in [4.69, 9.17) is 11.6 Å². The third-order valence-electron chi connectivity index (χ3n) is 3.36. The molecular weight excluding hydrogens is 286 g/mol. The average Bonchev–Trinajstić information content (AvgIpc) is 2.67. The quantitative estimate of drug-likeness (QED) is 0.927. The normalized spacial score (nSPS) is 23.1. The lowest BCUT2D eigenvalue weighted by Crippen LogP contribution is -2.36. The Morgan fingerprint density at radius 3 is 2.65 bits per heavy atom. The third kappa shape index (κ3) is 3.10. The van der Waals surface area contributed by atoms with Gasteiger partial charge in [-0.25, -0.2) is 8.78 Å². The summed E-state index contributed by atoms with van der Waals surface area (Å²) in [5.41, 5.74) is 0.717. The summed E-state index contributed by atoms with van der Waals surface area (Å²) >= 11 is 5.93. The molecule has 1 fully saturated rings. The highest BCUT2D eigenvalue weighted by Crippen LogP contribution is 2.29. The van der Waals surface area contributed by atoms with Gasteiger partial charge in [0, 0.05) is 5.02 Å². The van der Waals surface area contributed by atoms with Gasteiger partial charge in [-0.15, -0.1) is 0 Å². The standard InChI is InChI=1S/C14H17ClF2N2O/c1-8(2)12-14(20)19(7-11(16)17)13(18-12)9-4-3-5-10(15)6-9/h3-6,8,11-13,18H,7H2,1-2H3. The van der Waals surface area contributed by atoms with Crippen molar-refractivity contribution in [2.24, 2.45) is 5.92 Å². The molecule has 0 radical (unpaired) electrons. The Morgan fingerprint density at radius 2 is 2.10 bits per heavy atom. The number of nitrogens with zero attached hydrogens (tertiary/aromatic N) is 1. The highest BCUT2D eigenvalue weighted by atomic mass is 35.5. The van der Waals surface area contributed by atoms with E-state index >= 15 is 0 Å². The number of hydrogen-bond acceptors (Lipinski definition) is 2. The van der Waals surface area contributed by atoms with E-state index in [1.165, 1.54) is 4.90 Å². The molecule has 0 aliphatic carbocycles. The Hall–Kier alpha value is -1.20. The molecule has 1 saturated heterocycles. The van der Waals surface area contributed by atoms with Gasteiger partial charge in [0.15, 0.2) is 0 Å². The first-order valence-electron chi connectivity index (χ1n) is 6.50. The zero-order chi connectivity index (χ0) is 14.9. The van der Waals surface area contributed by atoms with E-state index in [1.54, 1.807) is 24.3 Å². The minimum Gasteiger partial charge on any atom is -0.316 e. The molecule has 1 aromatic carbocycles. The maximum atomic E-state index is 12.7. The van der Waals surface area contributed by atoms with Crippen molar-refractivity contribution in [3.8, 4) is 0 Å². The van der Waals surface area contributed by atoms with Gasteiger partial charge in [-0.2, -0.15) is 0 Å². The van der Waals surface area contributed by atoms with E-state index in [1.807, 2.05) is 13.8 Å². The fourth-order valence-electron chi connectivity index (χ4n) is 2.41. The number of nitrogens with one attached hydrogen (secondary N) is 1. The lowest BCUT2D eigenvalue weighted by molar-refractivity contribution is -0.132. The molecule has 1 amide bonds. The molecule has 2 rings (SSSR count). The fraction of sp³-hybridized carbons (Fsp3) is 0.500. The largest absolute Gasteiger partial charge is 0.316 e. The van der Waals surface area contributed by atoms with Crippen molar-refractivity contribution in [3.63, 3.8) is 0 Å². The summed E-state index contributed by atoms with van der Waals surface area (Å²) in [5.74, 6) is -0.253. The van der Waals surface area contributed by atoms with E-state index in [0.717, 1.165) is 5.56 Å². The van der Waals surface area contributed by atoms with Crippen LogP contribution in [0.4, 0.5) is 8.78 Å². The second-order valence-corrected chi connectivity index (χ2v) is 5.66. The van der Waals surface area contributed by atoms with E-state index in [9.17, 15) is 13.6 Å². The van der Waals surface area contributed by atoms with Gasteiger partial charge < -0.3 is 4.90 Å². The van der Waals surface area contributed by atoms with Crippen molar-refractivity contribution >= 4 is 17.5 Å². The number of carbonyl (C=O) groups is 1. The first-order chi connectivity index (χ1) is 9.40. The van der Waals surface area contributed by atoms with Crippen molar-refractivity contribution in [3.05, 3.63) is 34.9 Å². The van der Waals surface area contributed by atoms with Crippen LogP contribution in [0.2, 0.25) is 5.02 Å². The van der Waals surface area contributed by atoms with Crippen LogP contribution in [-0.4, -0.2) is 29.8 Å². The van der Waals surface area contributed by atoms with Crippen LogP contribution in [0.5, 0.6) is 0 Å². The zero-order valence-corrected chi connectivity index (χ0v) is 12.1. The molecule has 1 aliphatic heterocycles. The van der Waals surface area contributed by atoms with E-state index < -0.39 is 25.2 Å². The van der Waals surface area contributed by atoms with Crippen molar-refractivity contribution in [1.29, 1.82) is 0 Å². The predicted molar refractivity (Wildman–Crippen MR) is 73.7 cm³/mol. The van der Waals surface area contributed by atoms with Crippen LogP contribution in [-0.2, 0) is 4.79 Å². The first kappa shape index (κ1) is 15.2. The van der Waals surface area contributed by atoms with Crippen LogP contribution < -0.4 is 5.32 Å². The molecule has 6 heteroatoms. The summed E-state index contributed by atoms with van der Waals surface area (Å²) in [4.78, 5) is 13.4. The summed E-state index contributed by atoms with van der Waals surface area (Å²) < 4.78 is 25.4. The highest BCUT2D eigenvalue weighted by Gasteiger charge is 2.41. The summed E-state index contributed by atoms with van der Waals surface area (Å²) in [7, 11) is 0. The molecule has 0 aromatic heterocycles. The van der Waals surface area contributed by atoms with Gasteiger partial charge in [-0.3, -0.25) is 10.1 Å². The molecule has 1 N–H and O–H groups in total. The molecule has 3 nitrogen and oxygen atoms in total. The summed E-state index contributed by atoms with van der Waals surface area (Å²) in [6.45, 7) is 3.19. The second-order valence-electron chi connectivity index (χ2n) is 5.23. The van der Waals surface area contributed by atoms with Crippen molar-refractivity contribution < 1.29 is 13.6 Å². The van der Waals surface area contributed by atoms with Crippen LogP contribution in [0.15, 0.2) is 24.3 Å². The molecule has 0 spiro atoms. The van der Waals surface area contributed by atoms with E-state index in [2.05, 4.69) is 5.32 Å². The van der Waals surface area contributed by atoms with Crippen LogP contribution in [0.25, 0.3) is 0 Å². The Balaban J connectivity index is 2.31. The maximum Gasteiger partial charge on any atom is 0.255 e. The van der Waals surface area contributed by atoms with E-state index in [0.29, 0.717) is 5.02 Å². The highest BCUT2D eigenvalue weighted by molar-refractivity contribution is 6.30. The van der Waals surface area contributed by atoms with Crippen LogP contribution >= 0.6 is 11.6 Å². The second kappa shape index (κ2) is 6.06. The third-order valence-corrected chi connectivity index (χ3v) is 3.60. The molecule has 0 saturated carbocycles. The van der Waals surface area contributed by atoms with E-state index in [-0.39, 0.29) is 11.8 Å². The minimum atomic E-state index is -2.56. The number of hydrogen-bond donors (Lipinski definition) is 1. The zero-order valence-electron chi connectivity index (χ0n) is 11.3. The SMILES string of the molecule is CC(C)C1NC(c2cccc(Cl)c2)N(CC(F)F)C1=O. The molecule has 20 heavy (non-hydrogen) atoms. The number of alkyl halides is 2. The Morgan fingerprint density at radius 1 is 1.40 bits per heavy atom. The smallest absolute Gasteiger partial charge is 0.255 e. The van der Waals surface area contributed by atoms with Crippen molar-refractivity contribution in [2.75, 3.05) is 6.54 Å². The van der Waals surface area contributed by atoms with Gasteiger partial charge in [0.2, 0.25) is 5.91 Å². The summed E-state index contributed by atoms with van der Waals surface area (Å²) in [6.07, 6.45) is -3.11. The molecule has 110 valence electrons. The van der Waals surface area contributed by atoms with Gasteiger partial charge in [-0.1, -0.05) is 37.6 Å². The monoisotopic (exact) mass is 302 g/mol. The molecule has 1 aliphatic rings. The number of benzene rings is 1. The predicted octanol–water partition coefficient (Wildman–Crippen LogP) is 3.06. The van der Waals surface area contributed by atoms with Gasteiger partial charge in [0.25, 0.3) is 6.43 Å². The fourth-order valence-corrected chi connectivity index (χ4v) is 2.61. The van der Waals surface area contributed by atoms with Crippen LogP contribution in [0, 0.1) is 5.92 Å². The van der Waals surface area contributed by atoms with Crippen molar-refractivity contribution in [1.82, 2.24) is 10.2 Å². The van der Waals surface area contributed by atoms with Gasteiger partial charge in [0.1, 0.15) is 6.17 Å². The van der Waals surface area contributed by atoms with Crippen molar-refractivity contribution in [2.45, 2.75) is 32.5 Å². The lowest BCUT2D eigenvalue weighted by atomic mass is 10.1. The van der Waals surface area contributed by atoms with Gasteiger partial charge >= 0.3 is 0 Å².